The van der Waals surface area contributed by atoms with Crippen LogP contribution < -0.4 is 14.8 Å². The highest BCUT2D eigenvalue weighted by molar-refractivity contribution is 5.39. The number of phenolic OH excluding ortho intramolecular Hbond substituents is 1. The van der Waals surface area contributed by atoms with Crippen LogP contribution in [0.4, 0.5) is 0 Å². The predicted molar refractivity (Wildman–Crippen MR) is 82.9 cm³/mol. The van der Waals surface area contributed by atoms with Crippen LogP contribution in [0.15, 0.2) is 48.5 Å². The Hall–Kier alpha value is -2.20. The van der Waals surface area contributed by atoms with Gasteiger partial charge in [-0.25, -0.2) is 0 Å². The van der Waals surface area contributed by atoms with Gasteiger partial charge in [-0.15, -0.1) is 0 Å². The summed E-state index contributed by atoms with van der Waals surface area (Å²) in [5, 5.41) is 12.7. The third-order valence-corrected chi connectivity index (χ3v) is 3.06. The van der Waals surface area contributed by atoms with E-state index >= 15 is 0 Å². The molecular weight excluding hydrogens is 266 g/mol. The van der Waals surface area contributed by atoms with Gasteiger partial charge in [0.2, 0.25) is 0 Å². The van der Waals surface area contributed by atoms with Gasteiger partial charge in [0.15, 0.2) is 11.5 Å². The molecule has 2 N–H and O–H groups in total. The lowest BCUT2D eigenvalue weighted by Crippen LogP contribution is -2.17. The molecule has 2 rings (SSSR count). The number of ether oxygens (including phenoxy) is 2. The lowest BCUT2D eigenvalue weighted by molar-refractivity contribution is 0.287. The van der Waals surface area contributed by atoms with E-state index in [1.54, 1.807) is 19.2 Å². The Bertz CT molecular complexity index is 557. The van der Waals surface area contributed by atoms with Gasteiger partial charge >= 0.3 is 0 Å². The van der Waals surface area contributed by atoms with Crippen LogP contribution in [0.5, 0.6) is 17.2 Å². The summed E-state index contributed by atoms with van der Waals surface area (Å²) in [6, 6.07) is 14.9. The van der Waals surface area contributed by atoms with Crippen molar-refractivity contribution < 1.29 is 14.6 Å². The van der Waals surface area contributed by atoms with Crippen LogP contribution in [-0.2, 0) is 6.54 Å². The summed E-state index contributed by atoms with van der Waals surface area (Å²) in [5.41, 5.74) is 1.07. The first kappa shape index (κ1) is 15.2. The fraction of sp³-hybridized carbons (Fsp3) is 0.294. The van der Waals surface area contributed by atoms with Crippen molar-refractivity contribution in [2.24, 2.45) is 0 Å². The van der Waals surface area contributed by atoms with Crippen molar-refractivity contribution in [1.29, 1.82) is 0 Å². The normalized spacial score (nSPS) is 10.3. The molecule has 0 saturated heterocycles. The zero-order valence-corrected chi connectivity index (χ0v) is 12.2. The molecule has 0 heterocycles. The quantitative estimate of drug-likeness (QED) is 0.733. The molecule has 0 aliphatic carbocycles. The third kappa shape index (κ3) is 5.00. The van der Waals surface area contributed by atoms with Crippen LogP contribution in [0.2, 0.25) is 0 Å². The standard InChI is InChI=1S/C17H21NO3/c1-20-16-8-2-3-9-17(16)21-11-5-10-18-13-14-6-4-7-15(19)12-14/h2-4,6-9,12,18-19H,5,10-11,13H2,1H3. The Kier molecular flexibility index (Phi) is 5.91. The van der Waals surface area contributed by atoms with Gasteiger partial charge in [0, 0.05) is 6.54 Å². The van der Waals surface area contributed by atoms with Gasteiger partial charge in [-0.3, -0.25) is 0 Å². The molecule has 0 radical (unpaired) electrons. The maximum Gasteiger partial charge on any atom is 0.161 e. The highest BCUT2D eigenvalue weighted by Crippen LogP contribution is 2.25. The fourth-order valence-electron chi connectivity index (χ4n) is 2.02. The fourth-order valence-corrected chi connectivity index (χ4v) is 2.02. The SMILES string of the molecule is COc1ccccc1OCCCNCc1cccc(O)c1. The lowest BCUT2D eigenvalue weighted by Gasteiger charge is -2.10. The molecule has 0 aromatic heterocycles. The van der Waals surface area contributed by atoms with Crippen molar-refractivity contribution in [1.82, 2.24) is 5.32 Å². The van der Waals surface area contributed by atoms with Crippen molar-refractivity contribution in [2.45, 2.75) is 13.0 Å². The van der Waals surface area contributed by atoms with E-state index in [1.807, 2.05) is 36.4 Å². The summed E-state index contributed by atoms with van der Waals surface area (Å²) in [5.74, 6) is 1.83. The monoisotopic (exact) mass is 287 g/mol. The van der Waals surface area contributed by atoms with Gasteiger partial charge in [-0.1, -0.05) is 24.3 Å². The number of methoxy groups -OCH3 is 1. The van der Waals surface area contributed by atoms with Gasteiger partial charge in [0.1, 0.15) is 5.75 Å². The van der Waals surface area contributed by atoms with Crippen molar-refractivity contribution in [3.63, 3.8) is 0 Å². The van der Waals surface area contributed by atoms with Crippen molar-refractivity contribution >= 4 is 0 Å². The summed E-state index contributed by atoms with van der Waals surface area (Å²) in [4.78, 5) is 0. The second kappa shape index (κ2) is 8.17. The Morgan fingerprint density at radius 3 is 2.62 bits per heavy atom. The van der Waals surface area contributed by atoms with E-state index in [0.717, 1.165) is 36.6 Å². The van der Waals surface area contributed by atoms with Crippen LogP contribution in [0.25, 0.3) is 0 Å². The Balaban J connectivity index is 1.64. The van der Waals surface area contributed by atoms with Crippen LogP contribution >= 0.6 is 0 Å². The van der Waals surface area contributed by atoms with E-state index in [0.29, 0.717) is 12.4 Å². The average molecular weight is 287 g/mol. The van der Waals surface area contributed by atoms with E-state index in [2.05, 4.69) is 5.32 Å². The number of nitrogens with one attached hydrogen (secondary N) is 1. The maximum absolute atomic E-state index is 9.37. The zero-order chi connectivity index (χ0) is 14.9. The third-order valence-electron chi connectivity index (χ3n) is 3.06. The Labute approximate surface area is 125 Å². The predicted octanol–water partition coefficient (Wildman–Crippen LogP) is 2.96. The average Bonchev–Trinajstić information content (AvgIpc) is 2.51. The minimum Gasteiger partial charge on any atom is -0.508 e. The molecule has 112 valence electrons. The number of aromatic hydroxyl groups is 1. The Morgan fingerprint density at radius 2 is 1.86 bits per heavy atom. The number of rotatable bonds is 8. The number of para-hydroxylation sites is 2. The van der Waals surface area contributed by atoms with Gasteiger partial charge in [0.25, 0.3) is 0 Å². The van der Waals surface area contributed by atoms with Gasteiger partial charge in [-0.2, -0.15) is 0 Å². The van der Waals surface area contributed by atoms with Gasteiger partial charge in [0.05, 0.1) is 13.7 Å². The molecule has 0 aliphatic heterocycles. The molecule has 4 heteroatoms. The van der Waals surface area contributed by atoms with Crippen LogP contribution in [0.3, 0.4) is 0 Å². The Morgan fingerprint density at radius 1 is 1.05 bits per heavy atom. The molecule has 0 aliphatic rings. The molecule has 2 aromatic rings. The van der Waals surface area contributed by atoms with Crippen LogP contribution in [-0.4, -0.2) is 25.4 Å². The molecule has 0 fully saturated rings. The summed E-state index contributed by atoms with van der Waals surface area (Å²) in [6.45, 7) is 2.22. The van der Waals surface area contributed by atoms with E-state index < -0.39 is 0 Å². The molecule has 0 saturated carbocycles. The van der Waals surface area contributed by atoms with Crippen molar-refractivity contribution in [3.05, 3.63) is 54.1 Å². The summed E-state index contributed by atoms with van der Waals surface area (Å²) in [7, 11) is 1.64. The van der Waals surface area contributed by atoms with Crippen molar-refractivity contribution in [2.75, 3.05) is 20.3 Å². The second-order valence-corrected chi connectivity index (χ2v) is 4.70. The molecule has 0 atom stereocenters. The summed E-state index contributed by atoms with van der Waals surface area (Å²) < 4.78 is 10.9. The van der Waals surface area contributed by atoms with Gasteiger partial charge in [-0.05, 0) is 42.8 Å². The van der Waals surface area contributed by atoms with Gasteiger partial charge < -0.3 is 19.9 Å². The molecule has 0 bridgehead atoms. The minimum absolute atomic E-state index is 0.300. The first-order valence-corrected chi connectivity index (χ1v) is 7.04. The first-order valence-electron chi connectivity index (χ1n) is 7.04. The number of benzene rings is 2. The largest absolute Gasteiger partial charge is 0.508 e. The van der Waals surface area contributed by atoms with E-state index in [4.69, 9.17) is 9.47 Å². The van der Waals surface area contributed by atoms with E-state index in [1.165, 1.54) is 0 Å². The first-order chi connectivity index (χ1) is 10.3. The zero-order valence-electron chi connectivity index (χ0n) is 12.2. The molecule has 0 spiro atoms. The summed E-state index contributed by atoms with van der Waals surface area (Å²) in [6.07, 6.45) is 0.900. The van der Waals surface area contributed by atoms with E-state index in [9.17, 15) is 5.11 Å². The minimum atomic E-state index is 0.300. The molecule has 21 heavy (non-hydrogen) atoms. The highest BCUT2D eigenvalue weighted by atomic mass is 16.5. The lowest BCUT2D eigenvalue weighted by atomic mass is 10.2. The second-order valence-electron chi connectivity index (χ2n) is 4.70. The van der Waals surface area contributed by atoms with Crippen LogP contribution in [0.1, 0.15) is 12.0 Å². The summed E-state index contributed by atoms with van der Waals surface area (Å²) >= 11 is 0. The maximum atomic E-state index is 9.37. The number of hydrogen-bond acceptors (Lipinski definition) is 4. The molecule has 0 amide bonds. The number of phenols is 1. The molecular formula is C17H21NO3. The molecule has 4 nitrogen and oxygen atoms in total. The number of hydrogen-bond donors (Lipinski definition) is 2. The topological polar surface area (TPSA) is 50.7 Å². The molecule has 2 aromatic carbocycles. The smallest absolute Gasteiger partial charge is 0.161 e. The highest BCUT2D eigenvalue weighted by Gasteiger charge is 2.01. The van der Waals surface area contributed by atoms with Crippen LogP contribution in [0, 0.1) is 0 Å². The van der Waals surface area contributed by atoms with E-state index in [-0.39, 0.29) is 0 Å². The molecule has 0 unspecified atom stereocenters. The van der Waals surface area contributed by atoms with Crippen molar-refractivity contribution in [3.8, 4) is 17.2 Å².